The maximum Gasteiger partial charge on any atom is 0.193 e. The number of aromatic nitrogens is 2. The Kier molecular flexibility index (Phi) is 3.46. The van der Waals surface area contributed by atoms with E-state index < -0.39 is 0 Å². The van der Waals surface area contributed by atoms with Gasteiger partial charge in [0.15, 0.2) is 5.78 Å². The Morgan fingerprint density at radius 3 is 2.71 bits per heavy atom. The van der Waals surface area contributed by atoms with Crippen LogP contribution >= 0.6 is 0 Å². The summed E-state index contributed by atoms with van der Waals surface area (Å²) in [4.78, 5) is 21.1. The summed E-state index contributed by atoms with van der Waals surface area (Å²) in [5.74, 6) is -0.0328. The molecular weight excluding hydrogens is 262 g/mol. The highest BCUT2D eigenvalue weighted by Crippen LogP contribution is 2.17. The molecule has 4 heteroatoms. The molecule has 3 rings (SSSR count). The number of carbonyl (C=O) groups is 1. The molecular formula is C17H15N3O. The number of pyridine rings is 2. The molecule has 0 aliphatic rings. The molecule has 0 aliphatic heterocycles. The van der Waals surface area contributed by atoms with Crippen LogP contribution in [-0.4, -0.2) is 15.8 Å². The van der Waals surface area contributed by atoms with Crippen molar-refractivity contribution in [2.24, 2.45) is 5.73 Å². The van der Waals surface area contributed by atoms with Gasteiger partial charge in [0.05, 0.1) is 11.2 Å². The Morgan fingerprint density at radius 1 is 1.10 bits per heavy atom. The molecule has 0 fully saturated rings. The highest BCUT2D eigenvalue weighted by atomic mass is 16.1. The quantitative estimate of drug-likeness (QED) is 0.747. The van der Waals surface area contributed by atoms with Gasteiger partial charge < -0.3 is 5.73 Å². The van der Waals surface area contributed by atoms with Gasteiger partial charge >= 0.3 is 0 Å². The first-order valence-corrected chi connectivity index (χ1v) is 6.74. The summed E-state index contributed by atoms with van der Waals surface area (Å²) in [6, 6.07) is 12.9. The Morgan fingerprint density at radius 2 is 1.90 bits per heavy atom. The Hall–Kier alpha value is -2.59. The number of nitrogens with zero attached hydrogens (tertiary/aromatic N) is 2. The summed E-state index contributed by atoms with van der Waals surface area (Å²) in [5, 5.41) is 0.958. The number of ketones is 1. The van der Waals surface area contributed by atoms with Crippen molar-refractivity contribution in [2.75, 3.05) is 0 Å². The number of nitrogens with two attached hydrogens (primary N) is 1. The molecule has 2 heterocycles. The van der Waals surface area contributed by atoms with Crippen molar-refractivity contribution < 1.29 is 4.79 Å². The predicted molar refractivity (Wildman–Crippen MR) is 82.0 cm³/mol. The minimum atomic E-state index is -0.0328. The van der Waals surface area contributed by atoms with Crippen molar-refractivity contribution in [3.8, 4) is 0 Å². The van der Waals surface area contributed by atoms with Crippen LogP contribution in [0.2, 0.25) is 0 Å². The monoisotopic (exact) mass is 277 g/mol. The van der Waals surface area contributed by atoms with Crippen molar-refractivity contribution >= 4 is 16.7 Å². The van der Waals surface area contributed by atoms with Crippen molar-refractivity contribution in [1.29, 1.82) is 0 Å². The minimum absolute atomic E-state index is 0.0328. The van der Waals surface area contributed by atoms with Gasteiger partial charge in [0.1, 0.15) is 0 Å². The van der Waals surface area contributed by atoms with Gasteiger partial charge in [-0.25, -0.2) is 0 Å². The topological polar surface area (TPSA) is 68.9 Å². The predicted octanol–water partition coefficient (Wildman–Crippen LogP) is 2.63. The second-order valence-electron chi connectivity index (χ2n) is 4.93. The van der Waals surface area contributed by atoms with Crippen molar-refractivity contribution in [2.45, 2.75) is 13.5 Å². The maximum absolute atomic E-state index is 12.5. The summed E-state index contributed by atoms with van der Waals surface area (Å²) in [6.07, 6.45) is 1.61. The van der Waals surface area contributed by atoms with E-state index in [1.54, 1.807) is 24.4 Å². The van der Waals surface area contributed by atoms with Gasteiger partial charge in [-0.15, -0.1) is 0 Å². The minimum Gasteiger partial charge on any atom is -0.325 e. The number of aryl methyl sites for hydroxylation is 1. The third-order valence-corrected chi connectivity index (χ3v) is 3.38. The molecule has 0 radical (unpaired) electrons. The first-order valence-electron chi connectivity index (χ1n) is 6.74. The van der Waals surface area contributed by atoms with E-state index in [1.165, 1.54) is 0 Å². The number of hydrogen-bond acceptors (Lipinski definition) is 4. The van der Waals surface area contributed by atoms with E-state index in [4.69, 9.17) is 5.73 Å². The zero-order chi connectivity index (χ0) is 14.8. The van der Waals surface area contributed by atoms with E-state index in [-0.39, 0.29) is 5.78 Å². The van der Waals surface area contributed by atoms with Gasteiger partial charge in [0.2, 0.25) is 0 Å². The normalized spacial score (nSPS) is 10.8. The standard InChI is InChI=1S/C17H15N3O/c1-11-2-3-12-8-13(4-5-16(12)20-11)17(21)14-6-7-19-15(9-14)10-18/h2-9H,10,18H2,1H3. The Balaban J connectivity index is 2.02. The first-order chi connectivity index (χ1) is 10.2. The molecule has 21 heavy (non-hydrogen) atoms. The van der Waals surface area contributed by atoms with E-state index in [0.29, 0.717) is 23.4 Å². The van der Waals surface area contributed by atoms with Crippen molar-refractivity contribution in [1.82, 2.24) is 9.97 Å². The van der Waals surface area contributed by atoms with E-state index in [2.05, 4.69) is 9.97 Å². The average molecular weight is 277 g/mol. The molecule has 0 unspecified atom stereocenters. The van der Waals surface area contributed by atoms with Gasteiger partial charge in [-0.2, -0.15) is 0 Å². The highest BCUT2D eigenvalue weighted by Gasteiger charge is 2.10. The highest BCUT2D eigenvalue weighted by molar-refractivity contribution is 6.10. The molecule has 0 atom stereocenters. The van der Waals surface area contributed by atoms with E-state index in [0.717, 1.165) is 16.6 Å². The van der Waals surface area contributed by atoms with Gasteiger partial charge in [-0.1, -0.05) is 6.07 Å². The second-order valence-corrected chi connectivity index (χ2v) is 4.93. The van der Waals surface area contributed by atoms with Gasteiger partial charge in [-0.3, -0.25) is 14.8 Å². The fraction of sp³-hybridized carbons (Fsp3) is 0.118. The van der Waals surface area contributed by atoms with E-state index in [9.17, 15) is 4.79 Å². The molecule has 0 saturated heterocycles. The lowest BCUT2D eigenvalue weighted by Crippen LogP contribution is -2.05. The van der Waals surface area contributed by atoms with Crippen LogP contribution in [0, 0.1) is 6.92 Å². The van der Waals surface area contributed by atoms with Crippen molar-refractivity contribution in [3.63, 3.8) is 0 Å². The summed E-state index contributed by atoms with van der Waals surface area (Å²) in [5.41, 5.74) is 9.37. The molecule has 2 N–H and O–H groups in total. The number of fused-ring (bicyclic) bond motifs is 1. The smallest absolute Gasteiger partial charge is 0.193 e. The van der Waals surface area contributed by atoms with Gasteiger partial charge in [-0.05, 0) is 43.3 Å². The fourth-order valence-electron chi connectivity index (χ4n) is 2.27. The zero-order valence-corrected chi connectivity index (χ0v) is 11.7. The maximum atomic E-state index is 12.5. The summed E-state index contributed by atoms with van der Waals surface area (Å²) in [6.45, 7) is 2.27. The number of hydrogen-bond donors (Lipinski definition) is 1. The van der Waals surface area contributed by atoms with Crippen LogP contribution < -0.4 is 5.73 Å². The summed E-state index contributed by atoms with van der Waals surface area (Å²) >= 11 is 0. The van der Waals surface area contributed by atoms with Crippen LogP contribution in [-0.2, 0) is 6.54 Å². The molecule has 0 spiro atoms. The molecule has 3 aromatic rings. The molecule has 0 saturated carbocycles. The Labute approximate surface area is 122 Å². The second kappa shape index (κ2) is 5.42. The third-order valence-electron chi connectivity index (χ3n) is 3.38. The molecule has 4 nitrogen and oxygen atoms in total. The largest absolute Gasteiger partial charge is 0.325 e. The molecule has 1 aromatic carbocycles. The molecule has 0 bridgehead atoms. The lowest BCUT2D eigenvalue weighted by atomic mass is 10.0. The SMILES string of the molecule is Cc1ccc2cc(C(=O)c3ccnc(CN)c3)ccc2n1. The van der Waals surface area contributed by atoms with Gasteiger partial charge in [0.25, 0.3) is 0 Å². The van der Waals surface area contributed by atoms with E-state index in [1.807, 2.05) is 31.2 Å². The van der Waals surface area contributed by atoms with Crippen LogP contribution in [0.15, 0.2) is 48.7 Å². The molecule has 0 aliphatic carbocycles. The van der Waals surface area contributed by atoms with Crippen LogP contribution in [0.1, 0.15) is 27.3 Å². The molecule has 2 aromatic heterocycles. The number of carbonyl (C=O) groups excluding carboxylic acids is 1. The molecule has 104 valence electrons. The molecule has 0 amide bonds. The first kappa shape index (κ1) is 13.4. The third kappa shape index (κ3) is 2.66. The fourth-order valence-corrected chi connectivity index (χ4v) is 2.27. The van der Waals surface area contributed by atoms with Crippen LogP contribution in [0.5, 0.6) is 0 Å². The Bertz CT molecular complexity index is 827. The average Bonchev–Trinajstić information content (AvgIpc) is 2.53. The summed E-state index contributed by atoms with van der Waals surface area (Å²) < 4.78 is 0. The van der Waals surface area contributed by atoms with Crippen LogP contribution in [0.3, 0.4) is 0 Å². The van der Waals surface area contributed by atoms with E-state index >= 15 is 0 Å². The summed E-state index contributed by atoms with van der Waals surface area (Å²) in [7, 11) is 0. The van der Waals surface area contributed by atoms with Gasteiger partial charge in [0, 0.05) is 34.9 Å². The zero-order valence-electron chi connectivity index (χ0n) is 11.7. The lowest BCUT2D eigenvalue weighted by molar-refractivity contribution is 0.103. The lowest BCUT2D eigenvalue weighted by Gasteiger charge is -2.05. The van der Waals surface area contributed by atoms with Crippen molar-refractivity contribution in [3.05, 3.63) is 71.2 Å². The van der Waals surface area contributed by atoms with Crippen LogP contribution in [0.25, 0.3) is 10.9 Å². The number of benzene rings is 1. The number of rotatable bonds is 3. The van der Waals surface area contributed by atoms with Crippen LogP contribution in [0.4, 0.5) is 0 Å².